The average molecular weight is 499 g/mol. The highest BCUT2D eigenvalue weighted by Crippen LogP contribution is 2.28. The van der Waals surface area contributed by atoms with Gasteiger partial charge in [-0.15, -0.1) is 0 Å². The van der Waals surface area contributed by atoms with Crippen LogP contribution < -0.4 is 10.1 Å². The summed E-state index contributed by atoms with van der Waals surface area (Å²) in [4.78, 5) is 12.8. The number of aryl methyl sites for hydroxylation is 1. The second-order valence-electron chi connectivity index (χ2n) is 7.18. The molecule has 1 atom stereocenters. The number of rotatable bonds is 6. The molecule has 0 aromatic heterocycles. The summed E-state index contributed by atoms with van der Waals surface area (Å²) in [7, 11) is -3.75. The molecule has 3 rings (SSSR count). The number of amides is 1. The first-order valence-electron chi connectivity index (χ1n) is 9.72. The summed E-state index contributed by atoms with van der Waals surface area (Å²) < 4.78 is 47.6. The zero-order valence-electron chi connectivity index (χ0n) is 16.8. The van der Waals surface area contributed by atoms with Gasteiger partial charge in [-0.1, -0.05) is 15.9 Å². The van der Waals surface area contributed by atoms with Crippen molar-refractivity contribution in [3.63, 3.8) is 0 Å². The molecule has 1 saturated heterocycles. The number of nitrogens with zero attached hydrogens (tertiary/aromatic N) is 1. The van der Waals surface area contributed by atoms with Gasteiger partial charge in [0.2, 0.25) is 15.9 Å². The molecule has 0 spiro atoms. The van der Waals surface area contributed by atoms with Crippen LogP contribution in [0.15, 0.2) is 45.8 Å². The highest BCUT2D eigenvalue weighted by atomic mass is 79.9. The van der Waals surface area contributed by atoms with Crippen molar-refractivity contribution in [1.82, 2.24) is 4.31 Å². The van der Waals surface area contributed by atoms with Crippen molar-refractivity contribution < 1.29 is 22.3 Å². The minimum atomic E-state index is -3.75. The minimum absolute atomic E-state index is 0.0541. The molecule has 0 bridgehead atoms. The Morgan fingerprint density at radius 1 is 1.30 bits per heavy atom. The van der Waals surface area contributed by atoms with Gasteiger partial charge in [0.1, 0.15) is 11.6 Å². The van der Waals surface area contributed by atoms with Gasteiger partial charge >= 0.3 is 0 Å². The standard InChI is InChI=1S/C21H24BrFN2O4S/c1-3-29-20-9-7-17(11-14(20)2)30(27,28)25-10-4-5-15(13-25)21(26)24-19-8-6-16(22)12-18(19)23/h6-9,11-12,15H,3-5,10,13H2,1-2H3,(H,24,26)/t15-/m0/s1. The van der Waals surface area contributed by atoms with E-state index in [1.165, 1.54) is 22.5 Å². The SMILES string of the molecule is CCOc1ccc(S(=O)(=O)N2CCC[C@H](C(=O)Nc3ccc(Br)cc3F)C2)cc1C. The van der Waals surface area contributed by atoms with E-state index in [-0.39, 0.29) is 23.0 Å². The Balaban J connectivity index is 1.74. The Labute approximate surface area is 184 Å². The zero-order chi connectivity index (χ0) is 21.9. The van der Waals surface area contributed by atoms with E-state index in [4.69, 9.17) is 4.74 Å². The molecule has 1 amide bonds. The fourth-order valence-electron chi connectivity index (χ4n) is 3.45. The Hall–Kier alpha value is -1.97. The van der Waals surface area contributed by atoms with E-state index < -0.39 is 21.8 Å². The molecule has 6 nitrogen and oxygen atoms in total. The van der Waals surface area contributed by atoms with Gasteiger partial charge in [-0.25, -0.2) is 12.8 Å². The number of benzene rings is 2. The number of carbonyl (C=O) groups is 1. The third-order valence-corrected chi connectivity index (χ3v) is 7.38. The Morgan fingerprint density at radius 3 is 2.73 bits per heavy atom. The number of carbonyl (C=O) groups excluding carboxylic acids is 1. The van der Waals surface area contributed by atoms with Crippen LogP contribution in [0.3, 0.4) is 0 Å². The van der Waals surface area contributed by atoms with Gasteiger partial charge < -0.3 is 10.1 Å². The highest BCUT2D eigenvalue weighted by molar-refractivity contribution is 9.10. The van der Waals surface area contributed by atoms with Crippen LogP contribution in [0.25, 0.3) is 0 Å². The molecule has 2 aromatic carbocycles. The van der Waals surface area contributed by atoms with Gasteiger partial charge in [-0.2, -0.15) is 4.31 Å². The van der Waals surface area contributed by atoms with Gasteiger partial charge in [0.05, 0.1) is 23.1 Å². The quantitative estimate of drug-likeness (QED) is 0.642. The fourth-order valence-corrected chi connectivity index (χ4v) is 5.39. The van der Waals surface area contributed by atoms with Crippen LogP contribution in [0.2, 0.25) is 0 Å². The summed E-state index contributed by atoms with van der Waals surface area (Å²) in [5.41, 5.74) is 0.806. The van der Waals surface area contributed by atoms with E-state index in [2.05, 4.69) is 21.2 Å². The smallest absolute Gasteiger partial charge is 0.243 e. The molecule has 0 unspecified atom stereocenters. The third kappa shape index (κ3) is 5.01. The summed E-state index contributed by atoms with van der Waals surface area (Å²) in [6, 6.07) is 9.12. The first-order chi connectivity index (χ1) is 14.2. The van der Waals surface area contributed by atoms with E-state index in [0.29, 0.717) is 36.2 Å². The summed E-state index contributed by atoms with van der Waals surface area (Å²) in [6.07, 6.45) is 1.09. The van der Waals surface area contributed by atoms with Crippen LogP contribution in [-0.2, 0) is 14.8 Å². The molecular formula is C21H24BrFN2O4S. The van der Waals surface area contributed by atoms with Crippen molar-refractivity contribution in [1.29, 1.82) is 0 Å². The van der Waals surface area contributed by atoms with Crippen molar-refractivity contribution in [2.75, 3.05) is 25.0 Å². The Morgan fingerprint density at radius 2 is 2.07 bits per heavy atom. The van der Waals surface area contributed by atoms with Gasteiger partial charge in [-0.3, -0.25) is 4.79 Å². The maximum Gasteiger partial charge on any atom is 0.243 e. The number of hydrogen-bond acceptors (Lipinski definition) is 4. The first-order valence-corrected chi connectivity index (χ1v) is 11.9. The van der Waals surface area contributed by atoms with Crippen LogP contribution >= 0.6 is 15.9 Å². The Bertz CT molecular complexity index is 1050. The summed E-state index contributed by atoms with van der Waals surface area (Å²) in [5.74, 6) is -0.855. The molecular weight excluding hydrogens is 475 g/mol. The van der Waals surface area contributed by atoms with Crippen LogP contribution in [0.1, 0.15) is 25.3 Å². The molecule has 0 radical (unpaired) electrons. The number of sulfonamides is 1. The monoisotopic (exact) mass is 498 g/mol. The third-order valence-electron chi connectivity index (χ3n) is 5.03. The largest absolute Gasteiger partial charge is 0.494 e. The molecule has 0 saturated carbocycles. The first kappa shape index (κ1) is 22.7. The lowest BCUT2D eigenvalue weighted by Gasteiger charge is -2.31. The molecule has 1 aliphatic heterocycles. The van der Waals surface area contributed by atoms with Gasteiger partial charge in [-0.05, 0) is 68.7 Å². The molecule has 1 fully saturated rings. The number of anilines is 1. The van der Waals surface area contributed by atoms with Crippen molar-refractivity contribution >= 4 is 37.5 Å². The molecule has 9 heteroatoms. The lowest BCUT2D eigenvalue weighted by Crippen LogP contribution is -2.43. The van der Waals surface area contributed by atoms with Gasteiger partial charge in [0.25, 0.3) is 0 Å². The maximum atomic E-state index is 14.0. The summed E-state index contributed by atoms with van der Waals surface area (Å²) in [6.45, 7) is 4.55. The number of piperidine rings is 1. The second kappa shape index (κ2) is 9.45. The van der Waals surface area contributed by atoms with Crippen LogP contribution in [0.5, 0.6) is 5.75 Å². The predicted molar refractivity (Wildman–Crippen MR) is 117 cm³/mol. The number of nitrogens with one attached hydrogen (secondary N) is 1. The highest BCUT2D eigenvalue weighted by Gasteiger charge is 2.33. The molecule has 0 aliphatic carbocycles. The minimum Gasteiger partial charge on any atom is -0.494 e. The molecule has 162 valence electrons. The van der Waals surface area contributed by atoms with Crippen molar-refractivity contribution in [2.45, 2.75) is 31.6 Å². The van der Waals surface area contributed by atoms with E-state index in [1.54, 1.807) is 25.1 Å². The normalized spacial score (nSPS) is 17.5. The molecule has 30 heavy (non-hydrogen) atoms. The lowest BCUT2D eigenvalue weighted by molar-refractivity contribution is -0.120. The van der Waals surface area contributed by atoms with Crippen molar-refractivity contribution in [3.05, 3.63) is 52.3 Å². The van der Waals surface area contributed by atoms with E-state index >= 15 is 0 Å². The Kier molecular flexibility index (Phi) is 7.15. The predicted octanol–water partition coefficient (Wildman–Crippen LogP) is 4.33. The molecule has 2 aromatic rings. The summed E-state index contributed by atoms with van der Waals surface area (Å²) >= 11 is 3.18. The van der Waals surface area contributed by atoms with E-state index in [0.717, 1.165) is 5.56 Å². The fraction of sp³-hybridized carbons (Fsp3) is 0.381. The van der Waals surface area contributed by atoms with Crippen LogP contribution in [-0.4, -0.2) is 38.3 Å². The maximum absolute atomic E-state index is 14.0. The van der Waals surface area contributed by atoms with Crippen molar-refractivity contribution in [3.8, 4) is 5.75 Å². The lowest BCUT2D eigenvalue weighted by atomic mass is 9.98. The average Bonchev–Trinajstić information content (AvgIpc) is 2.71. The van der Waals surface area contributed by atoms with Crippen LogP contribution in [0, 0.1) is 18.7 Å². The summed E-state index contributed by atoms with van der Waals surface area (Å²) in [5, 5.41) is 2.58. The molecule has 1 heterocycles. The number of ether oxygens (including phenoxy) is 1. The zero-order valence-corrected chi connectivity index (χ0v) is 19.2. The second-order valence-corrected chi connectivity index (χ2v) is 10.0. The van der Waals surface area contributed by atoms with E-state index in [1.807, 2.05) is 6.92 Å². The van der Waals surface area contributed by atoms with E-state index in [9.17, 15) is 17.6 Å². The van der Waals surface area contributed by atoms with Gasteiger partial charge in [0, 0.05) is 17.6 Å². The number of halogens is 2. The van der Waals surface area contributed by atoms with Crippen molar-refractivity contribution in [2.24, 2.45) is 5.92 Å². The van der Waals surface area contributed by atoms with Crippen LogP contribution in [0.4, 0.5) is 10.1 Å². The van der Waals surface area contributed by atoms with Gasteiger partial charge in [0.15, 0.2) is 0 Å². The molecule has 1 aliphatic rings. The topological polar surface area (TPSA) is 75.7 Å². The molecule has 1 N–H and O–H groups in total. The number of hydrogen-bond donors (Lipinski definition) is 1.